The minimum absolute atomic E-state index is 0.0133. The van der Waals surface area contributed by atoms with E-state index in [0.29, 0.717) is 31.2 Å². The number of carboxylic acids is 1. The number of nitrogens with zero attached hydrogens (tertiary/aromatic N) is 1. The Labute approximate surface area is 116 Å². The van der Waals surface area contributed by atoms with E-state index >= 15 is 0 Å². The second-order valence-electron chi connectivity index (χ2n) is 5.08. The zero-order valence-electron chi connectivity index (χ0n) is 11.0. The molecule has 20 heavy (non-hydrogen) atoms. The van der Waals surface area contributed by atoms with Crippen LogP contribution < -0.4 is 0 Å². The molecule has 5 heteroatoms. The number of benzene rings is 1. The number of carboxylic acid groups (broad SMARTS) is 1. The van der Waals surface area contributed by atoms with Crippen molar-refractivity contribution in [1.29, 1.82) is 5.26 Å². The summed E-state index contributed by atoms with van der Waals surface area (Å²) in [5, 5.41) is 17.7. The van der Waals surface area contributed by atoms with E-state index in [4.69, 9.17) is 15.1 Å². The van der Waals surface area contributed by atoms with E-state index in [1.54, 1.807) is 6.07 Å². The summed E-state index contributed by atoms with van der Waals surface area (Å²) in [6.45, 7) is 0.245. The molecule has 1 aliphatic rings. The van der Waals surface area contributed by atoms with E-state index < -0.39 is 11.8 Å². The quantitative estimate of drug-likeness (QED) is 0.918. The summed E-state index contributed by atoms with van der Waals surface area (Å²) in [5.74, 6) is -1.46. The zero-order chi connectivity index (χ0) is 14.5. The molecule has 1 fully saturated rings. The van der Waals surface area contributed by atoms with E-state index in [2.05, 4.69) is 0 Å². The molecule has 0 aromatic heterocycles. The number of ether oxygens (including phenoxy) is 1. The van der Waals surface area contributed by atoms with Crippen molar-refractivity contribution in [2.75, 3.05) is 0 Å². The van der Waals surface area contributed by atoms with Gasteiger partial charge in [0.1, 0.15) is 5.82 Å². The number of nitriles is 1. The smallest absolute Gasteiger partial charge is 0.306 e. The lowest BCUT2D eigenvalue weighted by Crippen LogP contribution is -2.25. The number of hydrogen-bond donors (Lipinski definition) is 1. The van der Waals surface area contributed by atoms with Crippen molar-refractivity contribution in [3.63, 3.8) is 0 Å². The van der Waals surface area contributed by atoms with Gasteiger partial charge in [0.15, 0.2) is 0 Å². The predicted octanol–water partition coefficient (Wildman–Crippen LogP) is 2.86. The SMILES string of the molecule is N#Cc1cc(F)cc(COC2CCC(C(=O)O)CC2)c1. The minimum atomic E-state index is -0.743. The first-order chi connectivity index (χ1) is 9.58. The second-order valence-corrected chi connectivity index (χ2v) is 5.08. The van der Waals surface area contributed by atoms with Crippen molar-refractivity contribution in [3.05, 3.63) is 35.1 Å². The maximum Gasteiger partial charge on any atom is 0.306 e. The molecule has 106 valence electrons. The van der Waals surface area contributed by atoms with Crippen molar-refractivity contribution in [2.45, 2.75) is 38.4 Å². The van der Waals surface area contributed by atoms with Crippen LogP contribution in [0.3, 0.4) is 0 Å². The summed E-state index contributed by atoms with van der Waals surface area (Å²) in [7, 11) is 0. The van der Waals surface area contributed by atoms with Crippen LogP contribution in [0.4, 0.5) is 4.39 Å². The van der Waals surface area contributed by atoms with Gasteiger partial charge in [-0.05, 0) is 49.4 Å². The summed E-state index contributed by atoms with van der Waals surface area (Å²) in [5.41, 5.74) is 0.903. The first-order valence-electron chi connectivity index (χ1n) is 6.62. The third kappa shape index (κ3) is 3.78. The summed E-state index contributed by atoms with van der Waals surface area (Å²) in [6.07, 6.45) is 2.66. The maximum atomic E-state index is 13.2. The van der Waals surface area contributed by atoms with Gasteiger partial charge in [-0.15, -0.1) is 0 Å². The fraction of sp³-hybridized carbons (Fsp3) is 0.467. The molecule has 0 amide bonds. The van der Waals surface area contributed by atoms with Gasteiger partial charge in [-0.3, -0.25) is 4.79 Å². The lowest BCUT2D eigenvalue weighted by Gasteiger charge is -2.26. The van der Waals surface area contributed by atoms with Gasteiger partial charge >= 0.3 is 5.97 Å². The summed E-state index contributed by atoms with van der Waals surface area (Å²) < 4.78 is 18.9. The highest BCUT2D eigenvalue weighted by atomic mass is 19.1. The van der Waals surface area contributed by atoms with Gasteiger partial charge < -0.3 is 9.84 Å². The van der Waals surface area contributed by atoms with E-state index in [-0.39, 0.29) is 24.2 Å². The van der Waals surface area contributed by atoms with Crippen LogP contribution in [0.1, 0.15) is 36.8 Å². The number of carbonyl (C=O) groups is 1. The normalized spacial score (nSPS) is 22.2. The van der Waals surface area contributed by atoms with Crippen molar-refractivity contribution in [3.8, 4) is 6.07 Å². The Hall–Kier alpha value is -1.93. The molecule has 0 spiro atoms. The summed E-state index contributed by atoms with van der Waals surface area (Å²) in [6, 6.07) is 6.04. The average molecular weight is 277 g/mol. The minimum Gasteiger partial charge on any atom is -0.481 e. The first kappa shape index (κ1) is 14.5. The van der Waals surface area contributed by atoms with Crippen LogP contribution in [0.5, 0.6) is 0 Å². The number of hydrogen-bond acceptors (Lipinski definition) is 3. The van der Waals surface area contributed by atoms with Crippen LogP contribution in [0, 0.1) is 23.1 Å². The zero-order valence-corrected chi connectivity index (χ0v) is 11.0. The van der Waals surface area contributed by atoms with Gasteiger partial charge in [-0.1, -0.05) is 0 Å². The third-order valence-electron chi connectivity index (χ3n) is 3.60. The van der Waals surface area contributed by atoms with Crippen LogP contribution in [0.15, 0.2) is 18.2 Å². The van der Waals surface area contributed by atoms with Gasteiger partial charge in [0, 0.05) is 0 Å². The lowest BCUT2D eigenvalue weighted by atomic mass is 9.87. The Balaban J connectivity index is 1.86. The topological polar surface area (TPSA) is 70.3 Å². The number of rotatable bonds is 4. The van der Waals surface area contributed by atoms with E-state index in [0.717, 1.165) is 0 Å². The first-order valence-corrected chi connectivity index (χ1v) is 6.62. The van der Waals surface area contributed by atoms with Gasteiger partial charge in [0.2, 0.25) is 0 Å². The second kappa shape index (κ2) is 6.49. The van der Waals surface area contributed by atoms with Crippen molar-refractivity contribution >= 4 is 5.97 Å². The monoisotopic (exact) mass is 277 g/mol. The predicted molar refractivity (Wildman–Crippen MR) is 69.3 cm³/mol. The molecule has 0 unspecified atom stereocenters. The molecule has 4 nitrogen and oxygen atoms in total. The molecule has 1 aliphatic carbocycles. The van der Waals surface area contributed by atoms with Crippen LogP contribution in [-0.2, 0) is 16.1 Å². The van der Waals surface area contributed by atoms with Crippen molar-refractivity contribution in [2.24, 2.45) is 5.92 Å². The molecule has 2 rings (SSSR count). The van der Waals surface area contributed by atoms with Crippen LogP contribution in [0.2, 0.25) is 0 Å². The molecule has 0 aliphatic heterocycles. The van der Waals surface area contributed by atoms with E-state index in [9.17, 15) is 9.18 Å². The summed E-state index contributed by atoms with van der Waals surface area (Å²) >= 11 is 0. The van der Waals surface area contributed by atoms with E-state index in [1.165, 1.54) is 12.1 Å². The standard InChI is InChI=1S/C15H16FNO3/c16-13-6-10(8-17)5-11(7-13)9-20-14-3-1-12(2-4-14)15(18)19/h5-7,12,14H,1-4,9H2,(H,18,19). The Bertz CT molecular complexity index is 530. The highest BCUT2D eigenvalue weighted by Crippen LogP contribution is 2.27. The Kier molecular flexibility index (Phi) is 4.70. The third-order valence-corrected chi connectivity index (χ3v) is 3.60. The van der Waals surface area contributed by atoms with Gasteiger partial charge in [-0.2, -0.15) is 5.26 Å². The Morgan fingerprint density at radius 3 is 2.65 bits per heavy atom. The summed E-state index contributed by atoms with van der Waals surface area (Å²) in [4.78, 5) is 10.8. The van der Waals surface area contributed by atoms with Crippen molar-refractivity contribution < 1.29 is 19.0 Å². The average Bonchev–Trinajstić information content (AvgIpc) is 2.45. The highest BCUT2D eigenvalue weighted by molar-refractivity contribution is 5.70. The van der Waals surface area contributed by atoms with Gasteiger partial charge in [0.05, 0.1) is 30.3 Å². The molecule has 0 bridgehead atoms. The van der Waals surface area contributed by atoms with Crippen LogP contribution in [-0.4, -0.2) is 17.2 Å². The van der Waals surface area contributed by atoms with Crippen LogP contribution in [0.25, 0.3) is 0 Å². The Morgan fingerprint density at radius 1 is 1.35 bits per heavy atom. The molecule has 1 aromatic carbocycles. The fourth-order valence-electron chi connectivity index (χ4n) is 2.49. The molecule has 0 heterocycles. The number of aliphatic carboxylic acids is 1. The molecular formula is C15H16FNO3. The molecule has 0 saturated heterocycles. The fourth-order valence-corrected chi connectivity index (χ4v) is 2.49. The molecular weight excluding hydrogens is 261 g/mol. The largest absolute Gasteiger partial charge is 0.481 e. The highest BCUT2D eigenvalue weighted by Gasteiger charge is 2.26. The van der Waals surface area contributed by atoms with E-state index in [1.807, 2.05) is 6.07 Å². The molecule has 1 saturated carbocycles. The maximum absolute atomic E-state index is 13.2. The number of halogens is 1. The Morgan fingerprint density at radius 2 is 2.05 bits per heavy atom. The van der Waals surface area contributed by atoms with Gasteiger partial charge in [-0.25, -0.2) is 4.39 Å². The molecule has 0 radical (unpaired) electrons. The van der Waals surface area contributed by atoms with Crippen molar-refractivity contribution in [1.82, 2.24) is 0 Å². The van der Waals surface area contributed by atoms with Crippen LogP contribution >= 0.6 is 0 Å². The molecule has 1 N–H and O–H groups in total. The lowest BCUT2D eigenvalue weighted by molar-refractivity contribution is -0.143. The molecule has 1 aromatic rings. The van der Waals surface area contributed by atoms with Gasteiger partial charge in [0.25, 0.3) is 0 Å². The molecule has 0 atom stereocenters.